The van der Waals surface area contributed by atoms with Gasteiger partial charge >= 0.3 is 0 Å². The first-order valence-electron chi connectivity index (χ1n) is 6.85. The third-order valence-corrected chi connectivity index (χ3v) is 5.87. The molecule has 0 aliphatic heterocycles. The number of nitrogens with zero attached hydrogens (tertiary/aromatic N) is 1. The van der Waals surface area contributed by atoms with Crippen molar-refractivity contribution in [2.24, 2.45) is 4.36 Å². The van der Waals surface area contributed by atoms with Crippen molar-refractivity contribution >= 4 is 15.6 Å². The highest BCUT2D eigenvalue weighted by Crippen LogP contribution is 2.20. The third kappa shape index (κ3) is 3.39. The summed E-state index contributed by atoms with van der Waals surface area (Å²) < 4.78 is 17.2. The van der Waals surface area contributed by atoms with Gasteiger partial charge in [0.1, 0.15) is 0 Å². The first-order chi connectivity index (χ1) is 9.93. The lowest BCUT2D eigenvalue weighted by Gasteiger charge is -2.13. The molecule has 0 saturated carbocycles. The zero-order valence-electron chi connectivity index (χ0n) is 12.4. The monoisotopic (exact) mass is 301 g/mol. The molecular formula is C17H19NO2S. The van der Waals surface area contributed by atoms with Crippen LogP contribution in [0.1, 0.15) is 29.8 Å². The highest BCUT2D eigenvalue weighted by molar-refractivity contribution is 7.94. The van der Waals surface area contributed by atoms with Crippen molar-refractivity contribution in [1.29, 1.82) is 0 Å². The lowest BCUT2D eigenvalue weighted by molar-refractivity contribution is 0.100. The van der Waals surface area contributed by atoms with Crippen LogP contribution in [0.25, 0.3) is 0 Å². The van der Waals surface area contributed by atoms with Gasteiger partial charge in [0.05, 0.1) is 9.73 Å². The van der Waals surface area contributed by atoms with Crippen LogP contribution < -0.4 is 0 Å². The summed E-state index contributed by atoms with van der Waals surface area (Å²) in [6.07, 6.45) is 0. The lowest BCUT2D eigenvalue weighted by Crippen LogP contribution is -2.16. The van der Waals surface area contributed by atoms with Crippen molar-refractivity contribution in [3.05, 3.63) is 65.7 Å². The maximum absolute atomic E-state index is 13.2. The minimum atomic E-state index is -2.77. The molecule has 0 N–H and O–H groups in total. The van der Waals surface area contributed by atoms with E-state index in [1.165, 1.54) is 0 Å². The minimum absolute atomic E-state index is 0.242. The van der Waals surface area contributed by atoms with Gasteiger partial charge in [-0.1, -0.05) is 35.9 Å². The second-order valence-electron chi connectivity index (χ2n) is 5.20. The quantitative estimate of drug-likeness (QED) is 0.858. The Kier molecular flexibility index (Phi) is 4.58. The molecule has 0 bridgehead atoms. The summed E-state index contributed by atoms with van der Waals surface area (Å²) in [4.78, 5) is 12.9. The van der Waals surface area contributed by atoms with E-state index >= 15 is 0 Å². The maximum atomic E-state index is 13.2. The van der Waals surface area contributed by atoms with Crippen molar-refractivity contribution in [3.63, 3.8) is 0 Å². The fourth-order valence-electron chi connectivity index (χ4n) is 2.00. The van der Waals surface area contributed by atoms with E-state index in [0.29, 0.717) is 10.5 Å². The van der Waals surface area contributed by atoms with Gasteiger partial charge in [-0.2, -0.15) is 4.36 Å². The maximum Gasteiger partial charge on any atom is 0.285 e. The Bertz CT molecular complexity index is 757. The standard InChI is InChI=1S/C17H19NO2S/c1-13(2)21(20,16-10-5-4-6-11-16)18-17(19)15-9-7-8-14(3)12-15/h4-13H,1-3H3. The first kappa shape index (κ1) is 15.4. The molecule has 0 saturated heterocycles. The molecule has 110 valence electrons. The fourth-order valence-corrected chi connectivity index (χ4v) is 3.76. The second-order valence-corrected chi connectivity index (χ2v) is 7.93. The van der Waals surface area contributed by atoms with Crippen molar-refractivity contribution < 1.29 is 9.00 Å². The van der Waals surface area contributed by atoms with Gasteiger partial charge in [0, 0.05) is 15.7 Å². The minimum Gasteiger partial charge on any atom is -0.266 e. The number of hydrogen-bond acceptors (Lipinski definition) is 2. The number of rotatable bonds is 3. The van der Waals surface area contributed by atoms with Gasteiger partial charge < -0.3 is 0 Å². The summed E-state index contributed by atoms with van der Waals surface area (Å²) in [6.45, 7) is 5.55. The number of carbonyl (C=O) groups excluding carboxylic acids is 1. The van der Waals surface area contributed by atoms with Crippen LogP contribution >= 0.6 is 0 Å². The average molecular weight is 301 g/mol. The van der Waals surface area contributed by atoms with Crippen LogP contribution in [0.15, 0.2) is 63.9 Å². The largest absolute Gasteiger partial charge is 0.285 e. The fraction of sp³-hybridized carbons (Fsp3) is 0.235. The lowest BCUT2D eigenvalue weighted by atomic mass is 10.1. The van der Waals surface area contributed by atoms with E-state index in [1.54, 1.807) is 30.3 Å². The molecule has 2 aromatic rings. The topological polar surface area (TPSA) is 46.5 Å². The van der Waals surface area contributed by atoms with Gasteiger partial charge in [0.2, 0.25) is 0 Å². The first-order valence-corrected chi connectivity index (χ1v) is 8.43. The van der Waals surface area contributed by atoms with Gasteiger partial charge in [0.15, 0.2) is 0 Å². The van der Waals surface area contributed by atoms with Crippen LogP contribution in [-0.2, 0) is 9.73 Å². The molecule has 0 radical (unpaired) electrons. The van der Waals surface area contributed by atoms with Gasteiger partial charge in [-0.05, 0) is 45.0 Å². The Morgan fingerprint density at radius 3 is 2.29 bits per heavy atom. The Morgan fingerprint density at radius 1 is 1.05 bits per heavy atom. The summed E-state index contributed by atoms with van der Waals surface area (Å²) >= 11 is 0. The van der Waals surface area contributed by atoms with Crippen molar-refractivity contribution in [1.82, 2.24) is 0 Å². The Labute approximate surface area is 126 Å². The molecule has 0 aromatic heterocycles. The predicted molar refractivity (Wildman–Crippen MR) is 85.9 cm³/mol. The Balaban J connectivity index is 2.53. The molecule has 0 aliphatic rings. The van der Waals surface area contributed by atoms with Crippen LogP contribution in [0.3, 0.4) is 0 Å². The van der Waals surface area contributed by atoms with Crippen LogP contribution in [0.2, 0.25) is 0 Å². The molecule has 3 nitrogen and oxygen atoms in total. The van der Waals surface area contributed by atoms with E-state index in [9.17, 15) is 9.00 Å². The van der Waals surface area contributed by atoms with Crippen molar-refractivity contribution in [2.75, 3.05) is 0 Å². The van der Waals surface area contributed by atoms with E-state index in [4.69, 9.17) is 0 Å². The van der Waals surface area contributed by atoms with E-state index < -0.39 is 15.6 Å². The molecule has 2 aromatic carbocycles. The smallest absolute Gasteiger partial charge is 0.266 e. The summed E-state index contributed by atoms with van der Waals surface area (Å²) in [5.41, 5.74) is 1.45. The number of benzene rings is 2. The second kappa shape index (κ2) is 6.22. The van der Waals surface area contributed by atoms with E-state index in [0.717, 1.165) is 5.56 Å². The molecule has 0 spiro atoms. The van der Waals surface area contributed by atoms with E-state index in [-0.39, 0.29) is 5.25 Å². The predicted octanol–water partition coefficient (Wildman–Crippen LogP) is 4.07. The number of carbonyl (C=O) groups is 1. The van der Waals surface area contributed by atoms with Gasteiger partial charge in [-0.3, -0.25) is 4.79 Å². The SMILES string of the molecule is Cc1cccc(C(=O)N=S(=O)(c2ccccc2)C(C)C)c1. The number of aryl methyl sites for hydroxylation is 1. The van der Waals surface area contributed by atoms with Gasteiger partial charge in [-0.15, -0.1) is 0 Å². The Morgan fingerprint density at radius 2 is 1.71 bits per heavy atom. The molecule has 1 unspecified atom stereocenters. The molecule has 0 heterocycles. The normalized spacial score (nSPS) is 13.7. The van der Waals surface area contributed by atoms with Gasteiger partial charge in [-0.25, -0.2) is 4.21 Å². The van der Waals surface area contributed by atoms with Crippen molar-refractivity contribution in [2.45, 2.75) is 30.9 Å². The number of hydrogen-bond donors (Lipinski definition) is 0. The molecule has 0 fully saturated rings. The van der Waals surface area contributed by atoms with Crippen LogP contribution in [-0.4, -0.2) is 15.4 Å². The third-order valence-electron chi connectivity index (χ3n) is 3.20. The summed E-state index contributed by atoms with van der Waals surface area (Å²) in [5, 5.41) is -0.242. The summed E-state index contributed by atoms with van der Waals surface area (Å²) in [5.74, 6) is -0.429. The zero-order valence-corrected chi connectivity index (χ0v) is 13.3. The molecule has 4 heteroatoms. The summed E-state index contributed by atoms with van der Waals surface area (Å²) in [6, 6.07) is 16.2. The molecule has 2 rings (SSSR count). The summed E-state index contributed by atoms with van der Waals surface area (Å²) in [7, 11) is -2.77. The highest BCUT2D eigenvalue weighted by atomic mass is 32.2. The Hall–Kier alpha value is -1.94. The van der Waals surface area contributed by atoms with Crippen LogP contribution in [0, 0.1) is 6.92 Å². The van der Waals surface area contributed by atoms with E-state index in [1.807, 2.05) is 45.0 Å². The molecule has 0 aliphatic carbocycles. The molecule has 1 atom stereocenters. The number of amides is 1. The average Bonchev–Trinajstić information content (AvgIpc) is 2.47. The molecule has 21 heavy (non-hydrogen) atoms. The zero-order chi connectivity index (χ0) is 15.5. The highest BCUT2D eigenvalue weighted by Gasteiger charge is 2.20. The van der Waals surface area contributed by atoms with Crippen molar-refractivity contribution in [3.8, 4) is 0 Å². The van der Waals surface area contributed by atoms with Gasteiger partial charge in [0.25, 0.3) is 5.91 Å². The molecular weight excluding hydrogens is 282 g/mol. The molecule has 1 amide bonds. The van der Waals surface area contributed by atoms with E-state index in [2.05, 4.69) is 4.36 Å². The van der Waals surface area contributed by atoms with Crippen LogP contribution in [0.4, 0.5) is 0 Å². The van der Waals surface area contributed by atoms with Crippen LogP contribution in [0.5, 0.6) is 0 Å².